The molecule has 1 fully saturated rings. The zero-order valence-corrected chi connectivity index (χ0v) is 22.3. The molecule has 0 radical (unpaired) electrons. The SMILES string of the molecule is COC(=O)Nc1ccc2c(c1)NC(=O)CC/C=C/C[C@H](N1CCC(c3cccc(Cl)c3)CC1=O)c1ncc-2[nH]1. The second-order valence-corrected chi connectivity index (χ2v) is 10.1. The van der Waals surface area contributed by atoms with Gasteiger partial charge in [0, 0.05) is 35.7 Å². The Morgan fingerprint density at radius 2 is 2.05 bits per heavy atom. The van der Waals surface area contributed by atoms with Crippen molar-refractivity contribution in [2.24, 2.45) is 0 Å². The van der Waals surface area contributed by atoms with Crippen LogP contribution in [0.1, 0.15) is 55.5 Å². The van der Waals surface area contributed by atoms with Crippen molar-refractivity contribution in [3.63, 3.8) is 0 Å². The molecule has 2 bridgehead atoms. The molecular formula is C29H30ClN5O4. The van der Waals surface area contributed by atoms with Crippen LogP contribution in [0.4, 0.5) is 16.2 Å². The number of H-pyrrole nitrogens is 1. The van der Waals surface area contributed by atoms with Crippen LogP contribution in [0.25, 0.3) is 11.3 Å². The van der Waals surface area contributed by atoms with Crippen LogP contribution in [0.15, 0.2) is 60.8 Å². The molecule has 1 aromatic heterocycles. The van der Waals surface area contributed by atoms with Crippen LogP contribution in [0.3, 0.4) is 0 Å². The number of imidazole rings is 1. The van der Waals surface area contributed by atoms with Gasteiger partial charge in [0.25, 0.3) is 0 Å². The lowest BCUT2D eigenvalue weighted by atomic mass is 9.88. The number of nitrogens with one attached hydrogen (secondary N) is 3. The van der Waals surface area contributed by atoms with Gasteiger partial charge in [0.05, 0.1) is 30.7 Å². The third-order valence-corrected chi connectivity index (χ3v) is 7.38. The Labute approximate surface area is 231 Å². The number of aromatic nitrogens is 2. The zero-order chi connectivity index (χ0) is 27.4. The highest BCUT2D eigenvalue weighted by atomic mass is 35.5. The number of rotatable bonds is 3. The largest absolute Gasteiger partial charge is 0.453 e. The predicted molar refractivity (Wildman–Crippen MR) is 150 cm³/mol. The van der Waals surface area contributed by atoms with Crippen LogP contribution in [0, 0.1) is 0 Å². The number of nitrogens with zero attached hydrogens (tertiary/aromatic N) is 2. The maximum atomic E-state index is 13.4. The van der Waals surface area contributed by atoms with Crippen molar-refractivity contribution >= 4 is 40.9 Å². The van der Waals surface area contributed by atoms with Gasteiger partial charge in [-0.2, -0.15) is 0 Å². The molecule has 0 aliphatic carbocycles. The average molecular weight is 548 g/mol. The number of carbonyl (C=O) groups excluding carboxylic acids is 3. The van der Waals surface area contributed by atoms with E-state index in [1.54, 1.807) is 24.4 Å². The van der Waals surface area contributed by atoms with Crippen molar-refractivity contribution < 1.29 is 19.1 Å². The number of aromatic amines is 1. The topological polar surface area (TPSA) is 116 Å². The van der Waals surface area contributed by atoms with Crippen molar-refractivity contribution in [2.45, 2.75) is 44.1 Å². The van der Waals surface area contributed by atoms with Gasteiger partial charge in [-0.1, -0.05) is 35.9 Å². The quantitative estimate of drug-likeness (QED) is 0.346. The van der Waals surface area contributed by atoms with E-state index in [1.807, 2.05) is 41.3 Å². The average Bonchev–Trinajstić information content (AvgIpc) is 3.40. The summed E-state index contributed by atoms with van der Waals surface area (Å²) < 4.78 is 4.68. The van der Waals surface area contributed by atoms with Gasteiger partial charge in [-0.3, -0.25) is 14.9 Å². The molecule has 2 aliphatic heterocycles. The number of benzene rings is 2. The molecule has 3 amide bonds. The number of methoxy groups -OCH3 is 1. The number of carbonyl (C=O) groups is 3. The molecule has 2 aliphatic rings. The third-order valence-electron chi connectivity index (χ3n) is 7.15. The Hall–Kier alpha value is -4.11. The van der Waals surface area contributed by atoms with E-state index in [4.69, 9.17) is 11.6 Å². The second-order valence-electron chi connectivity index (χ2n) is 9.70. The molecule has 2 atom stereocenters. The van der Waals surface area contributed by atoms with E-state index < -0.39 is 6.09 Å². The zero-order valence-electron chi connectivity index (χ0n) is 21.6. The first-order valence-electron chi connectivity index (χ1n) is 13.0. The van der Waals surface area contributed by atoms with Gasteiger partial charge in [0.2, 0.25) is 11.8 Å². The summed E-state index contributed by atoms with van der Waals surface area (Å²) in [5, 5.41) is 6.25. The monoisotopic (exact) mass is 547 g/mol. The smallest absolute Gasteiger partial charge is 0.411 e. The first-order valence-corrected chi connectivity index (χ1v) is 13.3. The van der Waals surface area contributed by atoms with E-state index in [0.717, 1.165) is 17.5 Å². The lowest BCUT2D eigenvalue weighted by Crippen LogP contribution is -2.41. The molecule has 2 aromatic carbocycles. The number of piperidine rings is 1. The van der Waals surface area contributed by atoms with Gasteiger partial charge in [-0.15, -0.1) is 0 Å². The van der Waals surface area contributed by atoms with Crippen molar-refractivity contribution in [2.75, 3.05) is 24.3 Å². The van der Waals surface area contributed by atoms with Gasteiger partial charge in [0.1, 0.15) is 5.82 Å². The van der Waals surface area contributed by atoms with Gasteiger partial charge >= 0.3 is 6.09 Å². The predicted octanol–water partition coefficient (Wildman–Crippen LogP) is 6.03. The molecule has 10 heteroatoms. The van der Waals surface area contributed by atoms with Crippen LogP contribution in [0.2, 0.25) is 5.02 Å². The fourth-order valence-electron chi connectivity index (χ4n) is 5.15. The minimum atomic E-state index is -0.605. The first-order chi connectivity index (χ1) is 18.9. The van der Waals surface area contributed by atoms with Crippen molar-refractivity contribution in [3.8, 4) is 11.3 Å². The summed E-state index contributed by atoms with van der Waals surface area (Å²) in [4.78, 5) is 47.8. The maximum absolute atomic E-state index is 13.4. The van der Waals surface area contributed by atoms with Crippen LogP contribution in [-0.2, 0) is 14.3 Å². The molecule has 0 saturated carbocycles. The summed E-state index contributed by atoms with van der Waals surface area (Å²) >= 11 is 6.19. The number of amides is 3. The van der Waals surface area contributed by atoms with E-state index in [2.05, 4.69) is 25.3 Å². The molecule has 1 saturated heterocycles. The second kappa shape index (κ2) is 11.7. The van der Waals surface area contributed by atoms with Crippen molar-refractivity contribution in [1.82, 2.24) is 14.9 Å². The molecule has 3 aromatic rings. The van der Waals surface area contributed by atoms with Gasteiger partial charge in [-0.25, -0.2) is 9.78 Å². The number of hydrogen-bond acceptors (Lipinski definition) is 5. The highest BCUT2D eigenvalue weighted by molar-refractivity contribution is 6.30. The van der Waals surface area contributed by atoms with E-state index in [0.29, 0.717) is 60.1 Å². The Morgan fingerprint density at radius 3 is 2.85 bits per heavy atom. The summed E-state index contributed by atoms with van der Waals surface area (Å²) in [7, 11) is 1.29. The highest BCUT2D eigenvalue weighted by Gasteiger charge is 2.33. The van der Waals surface area contributed by atoms with Gasteiger partial charge in [0.15, 0.2) is 0 Å². The lowest BCUT2D eigenvalue weighted by molar-refractivity contribution is -0.136. The molecule has 3 heterocycles. The van der Waals surface area contributed by atoms with Crippen molar-refractivity contribution in [3.05, 3.63) is 77.2 Å². The Bertz CT molecular complexity index is 1420. The molecule has 9 nitrogen and oxygen atoms in total. The number of hydrogen-bond donors (Lipinski definition) is 3. The molecule has 202 valence electrons. The Balaban J connectivity index is 1.43. The summed E-state index contributed by atoms with van der Waals surface area (Å²) in [5.41, 5.74) is 3.51. The van der Waals surface area contributed by atoms with Crippen molar-refractivity contribution in [1.29, 1.82) is 0 Å². The molecule has 1 unspecified atom stereocenters. The van der Waals surface area contributed by atoms with Gasteiger partial charge < -0.3 is 19.9 Å². The molecular weight excluding hydrogens is 518 g/mol. The number of likely N-dealkylation sites (tertiary alicyclic amines) is 1. The standard InChI is InChI=1S/C29H30ClN5O4/c1-39-29(38)32-21-10-11-22-23(16-21)33-26(36)9-4-2-3-8-25(28-31-17-24(22)34-28)35-13-12-19(15-27(35)37)18-6-5-7-20(30)14-18/h2-3,5-7,10-11,14,16-17,19,25H,4,8-9,12-13,15H2,1H3,(H,31,34)(H,32,38)(H,33,36)/b3-2+/t19?,25-/m0/s1. The summed E-state index contributed by atoms with van der Waals surface area (Å²) in [6.07, 6.45) is 7.76. The van der Waals surface area contributed by atoms with E-state index in [-0.39, 0.29) is 23.8 Å². The number of anilines is 2. The van der Waals surface area contributed by atoms with E-state index in [1.165, 1.54) is 7.11 Å². The van der Waals surface area contributed by atoms with Crippen LogP contribution >= 0.6 is 11.6 Å². The number of allylic oxidation sites excluding steroid dienone is 1. The fourth-order valence-corrected chi connectivity index (χ4v) is 5.35. The van der Waals surface area contributed by atoms with Crippen LogP contribution in [-0.4, -0.2) is 46.4 Å². The Kier molecular flexibility index (Phi) is 7.97. The summed E-state index contributed by atoms with van der Waals surface area (Å²) in [6.45, 7) is 0.601. The maximum Gasteiger partial charge on any atom is 0.411 e. The number of ether oxygens (including phenoxy) is 1. The number of fused-ring (bicyclic) bond motifs is 4. The van der Waals surface area contributed by atoms with E-state index in [9.17, 15) is 14.4 Å². The molecule has 39 heavy (non-hydrogen) atoms. The molecule has 5 rings (SSSR count). The number of halogens is 1. The third kappa shape index (κ3) is 6.15. The summed E-state index contributed by atoms with van der Waals surface area (Å²) in [5.74, 6) is 0.728. The lowest BCUT2D eigenvalue weighted by Gasteiger charge is -2.36. The summed E-state index contributed by atoms with van der Waals surface area (Å²) in [6, 6.07) is 12.7. The normalized spacial score (nSPS) is 20.5. The van der Waals surface area contributed by atoms with Gasteiger partial charge in [-0.05, 0) is 61.1 Å². The first kappa shape index (κ1) is 26.5. The minimum Gasteiger partial charge on any atom is -0.453 e. The fraction of sp³-hybridized carbons (Fsp3) is 0.310. The van der Waals surface area contributed by atoms with E-state index >= 15 is 0 Å². The Morgan fingerprint density at radius 1 is 1.18 bits per heavy atom. The molecule has 0 spiro atoms. The van der Waals surface area contributed by atoms with Crippen LogP contribution in [0.5, 0.6) is 0 Å². The van der Waals surface area contributed by atoms with Crippen LogP contribution < -0.4 is 10.6 Å². The molecule has 3 N–H and O–H groups in total. The highest BCUT2D eigenvalue weighted by Crippen LogP contribution is 2.36. The minimum absolute atomic E-state index is 0.0719.